The van der Waals surface area contributed by atoms with E-state index >= 15 is 0 Å². The van der Waals surface area contributed by atoms with Crippen LogP contribution < -0.4 is 5.32 Å². The number of rotatable bonds is 5. The highest BCUT2D eigenvalue weighted by Crippen LogP contribution is 2.26. The lowest BCUT2D eigenvalue weighted by molar-refractivity contribution is 0.537. The fourth-order valence-electron chi connectivity index (χ4n) is 2.45. The quantitative estimate of drug-likeness (QED) is 0.818. The molecule has 1 N–H and O–H groups in total. The van der Waals surface area contributed by atoms with Crippen molar-refractivity contribution in [2.45, 2.75) is 33.2 Å². The summed E-state index contributed by atoms with van der Waals surface area (Å²) in [5.74, 6) is -0.147. The molecule has 1 atom stereocenters. The molecule has 106 valence electrons. The van der Waals surface area contributed by atoms with Crippen molar-refractivity contribution >= 4 is 0 Å². The molecule has 2 aromatic carbocycles. The Morgan fingerprint density at radius 1 is 1.05 bits per heavy atom. The Bertz CT molecular complexity index is 577. The summed E-state index contributed by atoms with van der Waals surface area (Å²) < 4.78 is 13.7. The van der Waals surface area contributed by atoms with E-state index in [-0.39, 0.29) is 5.82 Å². The smallest absolute Gasteiger partial charge is 0.126 e. The van der Waals surface area contributed by atoms with E-state index in [1.165, 1.54) is 5.56 Å². The summed E-state index contributed by atoms with van der Waals surface area (Å²) >= 11 is 0. The number of aryl methyl sites for hydroxylation is 1. The maximum atomic E-state index is 13.7. The highest BCUT2D eigenvalue weighted by molar-refractivity contribution is 5.64. The van der Waals surface area contributed by atoms with E-state index in [2.05, 4.69) is 31.3 Å². The summed E-state index contributed by atoms with van der Waals surface area (Å²) in [4.78, 5) is 0. The zero-order valence-electron chi connectivity index (χ0n) is 12.4. The molecule has 0 aromatic heterocycles. The Balaban J connectivity index is 2.35. The van der Waals surface area contributed by atoms with Crippen LogP contribution in [0.15, 0.2) is 42.5 Å². The minimum absolute atomic E-state index is 0.147. The third-order valence-electron chi connectivity index (χ3n) is 3.65. The van der Waals surface area contributed by atoms with Crippen LogP contribution in [0.5, 0.6) is 0 Å². The fourth-order valence-corrected chi connectivity index (χ4v) is 2.45. The molecule has 0 heterocycles. The van der Waals surface area contributed by atoms with Gasteiger partial charge in [-0.25, -0.2) is 4.39 Å². The van der Waals surface area contributed by atoms with Gasteiger partial charge >= 0.3 is 0 Å². The molecule has 0 saturated carbocycles. The molecule has 20 heavy (non-hydrogen) atoms. The van der Waals surface area contributed by atoms with Crippen LogP contribution in [-0.4, -0.2) is 6.54 Å². The first kappa shape index (κ1) is 14.7. The predicted molar refractivity (Wildman–Crippen MR) is 83.3 cm³/mol. The minimum atomic E-state index is -0.147. The third-order valence-corrected chi connectivity index (χ3v) is 3.65. The van der Waals surface area contributed by atoms with Crippen LogP contribution in [0.4, 0.5) is 4.39 Å². The van der Waals surface area contributed by atoms with Gasteiger partial charge in [0.05, 0.1) is 0 Å². The van der Waals surface area contributed by atoms with Crippen molar-refractivity contribution in [1.82, 2.24) is 5.32 Å². The van der Waals surface area contributed by atoms with Crippen LogP contribution in [0.1, 0.15) is 37.4 Å². The molecule has 2 rings (SSSR count). The lowest BCUT2D eigenvalue weighted by Crippen LogP contribution is -2.19. The number of hydrogen-bond donors (Lipinski definition) is 1. The molecule has 0 aliphatic heterocycles. The molecule has 1 unspecified atom stereocenters. The Kier molecular flexibility index (Phi) is 4.91. The van der Waals surface area contributed by atoms with Crippen molar-refractivity contribution < 1.29 is 4.39 Å². The van der Waals surface area contributed by atoms with Gasteiger partial charge in [-0.15, -0.1) is 0 Å². The Morgan fingerprint density at radius 2 is 1.80 bits per heavy atom. The van der Waals surface area contributed by atoms with Crippen molar-refractivity contribution in [3.63, 3.8) is 0 Å². The normalized spacial score (nSPS) is 12.4. The van der Waals surface area contributed by atoms with Crippen LogP contribution in [0.2, 0.25) is 0 Å². The zero-order chi connectivity index (χ0) is 14.5. The lowest BCUT2D eigenvalue weighted by atomic mass is 9.97. The molecule has 0 spiro atoms. The van der Waals surface area contributed by atoms with E-state index in [4.69, 9.17) is 0 Å². The average molecular weight is 271 g/mol. The molecule has 1 nitrogen and oxygen atoms in total. The molecule has 0 radical (unpaired) electrons. The van der Waals surface area contributed by atoms with Gasteiger partial charge in [0.2, 0.25) is 0 Å². The summed E-state index contributed by atoms with van der Waals surface area (Å²) in [7, 11) is 0. The van der Waals surface area contributed by atoms with Crippen molar-refractivity contribution in [2.75, 3.05) is 6.54 Å². The first-order valence-corrected chi connectivity index (χ1v) is 7.25. The van der Waals surface area contributed by atoms with Crippen molar-refractivity contribution in [3.8, 4) is 11.1 Å². The molecule has 0 aliphatic rings. The summed E-state index contributed by atoms with van der Waals surface area (Å²) in [6, 6.07) is 14.1. The predicted octanol–water partition coefficient (Wildman–Crippen LogP) is 4.86. The van der Waals surface area contributed by atoms with Crippen LogP contribution in [-0.2, 0) is 0 Å². The topological polar surface area (TPSA) is 12.0 Å². The standard InChI is InChI=1S/C18H22FN/c1-4-18(20-5-2)16-8-6-7-14(11-16)15-10-9-13(3)17(19)12-15/h6-12,18,20H,4-5H2,1-3H3. The second-order valence-electron chi connectivity index (χ2n) is 5.11. The molecule has 0 aliphatic carbocycles. The molecule has 2 aromatic rings. The second kappa shape index (κ2) is 6.67. The van der Waals surface area contributed by atoms with E-state index in [1.807, 2.05) is 24.3 Å². The molecule has 0 saturated heterocycles. The molecule has 0 fully saturated rings. The van der Waals surface area contributed by atoms with Crippen LogP contribution in [0.3, 0.4) is 0 Å². The van der Waals surface area contributed by atoms with E-state index in [0.29, 0.717) is 11.6 Å². The van der Waals surface area contributed by atoms with Crippen LogP contribution >= 0.6 is 0 Å². The Morgan fingerprint density at radius 3 is 2.45 bits per heavy atom. The third kappa shape index (κ3) is 3.26. The SMILES string of the molecule is CCNC(CC)c1cccc(-c2ccc(C)c(F)c2)c1. The van der Waals surface area contributed by atoms with E-state index in [9.17, 15) is 4.39 Å². The van der Waals surface area contributed by atoms with Gasteiger partial charge in [-0.05, 0) is 54.3 Å². The minimum Gasteiger partial charge on any atom is -0.310 e. The molecule has 0 bridgehead atoms. The van der Waals surface area contributed by atoms with Gasteiger partial charge in [-0.2, -0.15) is 0 Å². The summed E-state index contributed by atoms with van der Waals surface area (Å²) in [6.07, 6.45) is 1.04. The Labute approximate surface area is 120 Å². The number of halogens is 1. The molecular weight excluding hydrogens is 249 g/mol. The van der Waals surface area contributed by atoms with Crippen molar-refractivity contribution in [2.24, 2.45) is 0 Å². The van der Waals surface area contributed by atoms with Gasteiger partial charge < -0.3 is 5.32 Å². The molecule has 0 amide bonds. The maximum absolute atomic E-state index is 13.7. The highest BCUT2D eigenvalue weighted by Gasteiger charge is 2.09. The number of nitrogens with one attached hydrogen (secondary N) is 1. The first-order valence-electron chi connectivity index (χ1n) is 7.25. The van der Waals surface area contributed by atoms with Gasteiger partial charge in [-0.3, -0.25) is 0 Å². The molecular formula is C18H22FN. The van der Waals surface area contributed by atoms with Gasteiger partial charge in [0.25, 0.3) is 0 Å². The summed E-state index contributed by atoms with van der Waals surface area (Å²) in [5.41, 5.74) is 3.94. The largest absolute Gasteiger partial charge is 0.310 e. The number of hydrogen-bond acceptors (Lipinski definition) is 1. The van der Waals surface area contributed by atoms with Crippen molar-refractivity contribution in [3.05, 3.63) is 59.4 Å². The van der Waals surface area contributed by atoms with Gasteiger partial charge in [-0.1, -0.05) is 44.2 Å². The van der Waals surface area contributed by atoms with Crippen LogP contribution in [0.25, 0.3) is 11.1 Å². The van der Waals surface area contributed by atoms with Crippen molar-refractivity contribution in [1.29, 1.82) is 0 Å². The zero-order valence-corrected chi connectivity index (χ0v) is 12.4. The second-order valence-corrected chi connectivity index (χ2v) is 5.11. The summed E-state index contributed by atoms with van der Waals surface area (Å²) in [5, 5.41) is 3.47. The van der Waals surface area contributed by atoms with Crippen LogP contribution in [0, 0.1) is 12.7 Å². The van der Waals surface area contributed by atoms with Gasteiger partial charge in [0, 0.05) is 6.04 Å². The van der Waals surface area contributed by atoms with E-state index in [1.54, 1.807) is 13.0 Å². The number of benzene rings is 2. The van der Waals surface area contributed by atoms with Gasteiger partial charge in [0.15, 0.2) is 0 Å². The average Bonchev–Trinajstić information content (AvgIpc) is 2.47. The first-order chi connectivity index (χ1) is 9.65. The highest BCUT2D eigenvalue weighted by atomic mass is 19.1. The van der Waals surface area contributed by atoms with E-state index in [0.717, 1.165) is 24.1 Å². The Hall–Kier alpha value is -1.67. The van der Waals surface area contributed by atoms with Gasteiger partial charge in [0.1, 0.15) is 5.82 Å². The monoisotopic (exact) mass is 271 g/mol. The van der Waals surface area contributed by atoms with E-state index < -0.39 is 0 Å². The summed E-state index contributed by atoms with van der Waals surface area (Å²) in [6.45, 7) is 7.02. The molecule has 2 heteroatoms. The maximum Gasteiger partial charge on any atom is 0.126 e. The fraction of sp³-hybridized carbons (Fsp3) is 0.333. The lowest BCUT2D eigenvalue weighted by Gasteiger charge is -2.17.